The van der Waals surface area contributed by atoms with E-state index < -0.39 is 5.97 Å². The summed E-state index contributed by atoms with van der Waals surface area (Å²) in [6.07, 6.45) is 0. The van der Waals surface area contributed by atoms with Crippen LogP contribution in [-0.4, -0.2) is 27.8 Å². The molecule has 0 fully saturated rings. The zero-order valence-corrected chi connectivity index (χ0v) is 5.80. The summed E-state index contributed by atoms with van der Waals surface area (Å²) in [5.74, 6) is -1.24. The van der Waals surface area contributed by atoms with Crippen molar-refractivity contribution >= 4 is 24.5 Å². The van der Waals surface area contributed by atoms with Crippen molar-refractivity contribution in [3.63, 3.8) is 0 Å². The van der Waals surface area contributed by atoms with Crippen LogP contribution in [0.2, 0.25) is 0 Å². The van der Waals surface area contributed by atoms with Crippen LogP contribution in [0.5, 0.6) is 0 Å². The van der Waals surface area contributed by atoms with Gasteiger partial charge in [0.1, 0.15) is 6.54 Å². The first-order valence-corrected chi connectivity index (χ1v) is 2.40. The summed E-state index contributed by atoms with van der Waals surface area (Å²) in [6, 6.07) is 0. The molecule has 7 heteroatoms. The maximum atomic E-state index is 9.69. The number of guanidine groups is 1. The Hall–Kier alpha value is -1.24. The number of aliphatic imine (C=N–C) groups is 1. The van der Waals surface area contributed by atoms with Crippen molar-refractivity contribution in [1.82, 2.24) is 0 Å². The fraction of sp³-hybridized carbons (Fsp3) is 0.333. The maximum Gasteiger partial charge on any atom is 0.325 e. The molecule has 0 amide bonds. The Kier molecular flexibility index (Phi) is 8.96. The average Bonchev–Trinajstić information content (AvgIpc) is 1.89. The van der Waals surface area contributed by atoms with Gasteiger partial charge in [0, 0.05) is 0 Å². The Morgan fingerprint density at radius 3 is 2.00 bits per heavy atom. The highest BCUT2D eigenvalue weighted by molar-refractivity contribution is 7.44. The van der Waals surface area contributed by atoms with Crippen molar-refractivity contribution in [2.75, 3.05) is 6.54 Å². The van der Waals surface area contributed by atoms with Gasteiger partial charge < -0.3 is 16.6 Å². The van der Waals surface area contributed by atoms with Gasteiger partial charge in [0.25, 0.3) is 0 Å². The van der Waals surface area contributed by atoms with Crippen molar-refractivity contribution in [2.24, 2.45) is 16.5 Å². The van der Waals surface area contributed by atoms with E-state index in [1.807, 2.05) is 0 Å². The van der Waals surface area contributed by atoms with E-state index in [0.29, 0.717) is 0 Å². The molecule has 0 aliphatic heterocycles. The monoisotopic (exact) mass is 165 g/mol. The van der Waals surface area contributed by atoms with Crippen LogP contribution in [0.1, 0.15) is 0 Å². The normalized spacial score (nSPS) is 6.80. The molecule has 0 unspecified atom stereocenters. The predicted octanol–water partition coefficient (Wildman–Crippen LogP) is -1.99. The lowest BCUT2D eigenvalue weighted by Gasteiger charge is -1.85. The minimum atomic E-state index is -1.04. The first-order valence-electron chi connectivity index (χ1n) is 2.07. The molecule has 0 saturated carbocycles. The van der Waals surface area contributed by atoms with E-state index in [2.05, 4.69) is 17.5 Å². The van der Waals surface area contributed by atoms with Crippen LogP contribution in [0.3, 0.4) is 0 Å². The van der Waals surface area contributed by atoms with E-state index >= 15 is 0 Å². The molecular weight excluding hydrogens is 158 g/mol. The van der Waals surface area contributed by atoms with Crippen molar-refractivity contribution in [2.45, 2.75) is 0 Å². The minimum absolute atomic E-state index is 0.201. The summed E-state index contributed by atoms with van der Waals surface area (Å²) in [5, 5.41) is 7.94. The molecule has 0 bridgehead atoms. The molecule has 0 aromatic heterocycles. The van der Waals surface area contributed by atoms with Gasteiger partial charge in [0.15, 0.2) is 18.5 Å². The lowest BCUT2D eigenvalue weighted by atomic mass is 10.7. The summed E-state index contributed by atoms with van der Waals surface area (Å²) in [7, 11) is 0. The number of carbonyl (C=O) groups is 1. The van der Waals surface area contributed by atoms with Crippen molar-refractivity contribution in [1.29, 1.82) is 0 Å². The summed E-state index contributed by atoms with van der Waals surface area (Å²) < 4.78 is 7.83. The first kappa shape index (κ1) is 11.5. The molecule has 0 radical (unpaired) electrons. The van der Waals surface area contributed by atoms with E-state index in [0.717, 1.165) is 0 Å². The van der Waals surface area contributed by atoms with Crippen molar-refractivity contribution in [3.8, 4) is 0 Å². The zero-order valence-electron chi connectivity index (χ0n) is 4.98. The lowest BCUT2D eigenvalue weighted by Crippen LogP contribution is -2.24. The Morgan fingerprint density at radius 2 is 1.90 bits per heavy atom. The molecule has 0 rings (SSSR count). The second kappa shape index (κ2) is 7.76. The van der Waals surface area contributed by atoms with Crippen LogP contribution < -0.4 is 11.5 Å². The molecule has 0 heterocycles. The summed E-state index contributed by atoms with van der Waals surface area (Å²) in [4.78, 5) is 12.9. The summed E-state index contributed by atoms with van der Waals surface area (Å²) in [6.45, 7) is -0.359. The van der Waals surface area contributed by atoms with Crippen molar-refractivity contribution in [3.05, 3.63) is 0 Å². The van der Waals surface area contributed by atoms with Gasteiger partial charge in [-0.25, -0.2) is 4.99 Å². The number of hydrogen-bond donors (Lipinski definition) is 3. The Balaban J connectivity index is 0. The van der Waals surface area contributed by atoms with Gasteiger partial charge in [-0.05, 0) is 0 Å². The molecule has 0 atom stereocenters. The van der Waals surface area contributed by atoms with Crippen LogP contribution in [0, 0.1) is 0 Å². The van der Waals surface area contributed by atoms with Gasteiger partial charge in [-0.3, -0.25) is 4.79 Å². The van der Waals surface area contributed by atoms with Crippen LogP contribution in [0.4, 0.5) is 0 Å². The molecular formula is C3H7N3O3S. The second-order valence-electron chi connectivity index (χ2n) is 1.13. The summed E-state index contributed by atoms with van der Waals surface area (Å²) in [5.41, 5.74) is 9.61. The molecule has 58 valence electrons. The molecule has 6 nitrogen and oxygen atoms in total. The van der Waals surface area contributed by atoms with Crippen LogP contribution in [-0.2, 0) is 17.3 Å². The third-order valence-corrected chi connectivity index (χ3v) is 0.397. The second-order valence-corrected chi connectivity index (χ2v) is 1.13. The average molecular weight is 165 g/mol. The van der Waals surface area contributed by atoms with Gasteiger partial charge in [0.05, 0.1) is 0 Å². The van der Waals surface area contributed by atoms with Crippen LogP contribution in [0.25, 0.3) is 0 Å². The number of nitrogens with two attached hydrogens (primary N) is 2. The predicted molar refractivity (Wildman–Crippen MR) is 36.5 cm³/mol. The molecule has 0 aromatic carbocycles. The highest BCUT2D eigenvalue weighted by Gasteiger charge is 1.90. The fourth-order valence-corrected chi connectivity index (χ4v) is 0.159. The van der Waals surface area contributed by atoms with Gasteiger partial charge in [-0.15, -0.1) is 0 Å². The number of nitrogens with zero attached hydrogens (tertiary/aromatic N) is 1. The number of rotatable bonds is 2. The number of aliphatic carboxylic acids is 1. The SMILES string of the molecule is NC(N)=NCC(=O)O.O=S. The Bertz CT molecular complexity index is 133. The third kappa shape index (κ3) is 15.9. The standard InChI is InChI=1S/C3H7N3O2.OS/c4-3(5)6-1-2(7)8;1-2/h1H2,(H,7,8)(H4,4,5,6);. The van der Waals surface area contributed by atoms with Crippen LogP contribution in [0.15, 0.2) is 4.99 Å². The van der Waals surface area contributed by atoms with Gasteiger partial charge in [-0.1, -0.05) is 0 Å². The zero-order chi connectivity index (χ0) is 8.57. The number of carboxylic acids is 1. The Morgan fingerprint density at radius 1 is 1.50 bits per heavy atom. The first-order chi connectivity index (χ1) is 4.63. The van der Waals surface area contributed by atoms with Gasteiger partial charge in [0.2, 0.25) is 0 Å². The third-order valence-electron chi connectivity index (χ3n) is 0.397. The topological polar surface area (TPSA) is 119 Å². The van der Waals surface area contributed by atoms with E-state index in [1.165, 1.54) is 0 Å². The summed E-state index contributed by atoms with van der Waals surface area (Å²) >= 11 is 2.83. The fourth-order valence-electron chi connectivity index (χ4n) is 0.159. The van der Waals surface area contributed by atoms with E-state index in [-0.39, 0.29) is 12.5 Å². The molecule has 0 aromatic rings. The van der Waals surface area contributed by atoms with Crippen molar-refractivity contribution < 1.29 is 14.1 Å². The molecule has 0 saturated heterocycles. The number of carboxylic acid groups (broad SMARTS) is 1. The molecule has 10 heavy (non-hydrogen) atoms. The quantitative estimate of drug-likeness (QED) is 0.322. The smallest absolute Gasteiger partial charge is 0.325 e. The van der Waals surface area contributed by atoms with E-state index in [9.17, 15) is 4.79 Å². The van der Waals surface area contributed by atoms with Gasteiger partial charge >= 0.3 is 5.97 Å². The molecule has 5 N–H and O–H groups in total. The highest BCUT2D eigenvalue weighted by atomic mass is 32.1. The molecule has 0 spiro atoms. The van der Waals surface area contributed by atoms with Gasteiger partial charge in [-0.2, -0.15) is 4.21 Å². The lowest BCUT2D eigenvalue weighted by molar-refractivity contribution is -0.135. The molecule has 0 aliphatic rings. The van der Waals surface area contributed by atoms with E-state index in [1.54, 1.807) is 0 Å². The maximum absolute atomic E-state index is 9.69. The highest BCUT2D eigenvalue weighted by Crippen LogP contribution is 1.65. The Labute approximate surface area is 62.4 Å². The van der Waals surface area contributed by atoms with E-state index in [4.69, 9.17) is 20.8 Å². The number of hydrogen-bond acceptors (Lipinski definition) is 4. The largest absolute Gasteiger partial charge is 0.480 e. The minimum Gasteiger partial charge on any atom is -0.480 e. The van der Waals surface area contributed by atoms with Crippen LogP contribution >= 0.6 is 0 Å². The molecule has 0 aliphatic carbocycles.